The fourth-order valence-electron chi connectivity index (χ4n) is 3.96. The molecule has 150 valence electrons. The van der Waals surface area contributed by atoms with Crippen LogP contribution in [0, 0.1) is 11.6 Å². The molecule has 1 unspecified atom stereocenters. The van der Waals surface area contributed by atoms with Gasteiger partial charge in [0.25, 0.3) is 0 Å². The third kappa shape index (κ3) is 3.37. The quantitative estimate of drug-likeness (QED) is 0.296. The number of benzene rings is 4. The van der Waals surface area contributed by atoms with Gasteiger partial charge in [-0.2, -0.15) is 10.9 Å². The van der Waals surface area contributed by atoms with E-state index in [2.05, 4.69) is 60.7 Å². The van der Waals surface area contributed by atoms with Crippen LogP contribution in [-0.2, 0) is 0 Å². The Hall–Kier alpha value is -3.11. The van der Waals surface area contributed by atoms with Crippen molar-refractivity contribution >= 4 is 10.9 Å². The lowest BCUT2D eigenvalue weighted by Crippen LogP contribution is -2.04. The van der Waals surface area contributed by atoms with Crippen molar-refractivity contribution in [2.24, 2.45) is 0 Å². The van der Waals surface area contributed by atoms with Gasteiger partial charge in [-0.05, 0) is 77.0 Å². The Morgan fingerprint density at radius 2 is 1.23 bits per heavy atom. The Bertz CT molecular complexity index is 1150. The molecular formula is C26H20F2OS. The maximum atomic E-state index is 13.5. The Kier molecular flexibility index (Phi) is 4.80. The zero-order valence-electron chi connectivity index (χ0n) is 16.3. The van der Waals surface area contributed by atoms with E-state index < -0.39 is 28.6 Å². The van der Waals surface area contributed by atoms with E-state index >= 15 is 0 Å². The van der Waals surface area contributed by atoms with Crippen molar-refractivity contribution in [3.05, 3.63) is 108 Å². The summed E-state index contributed by atoms with van der Waals surface area (Å²) in [7, 11) is -0.612. The largest absolute Gasteiger partial charge is 0.486 e. The monoisotopic (exact) mass is 418 g/mol. The molecule has 4 heteroatoms. The van der Waals surface area contributed by atoms with Crippen molar-refractivity contribution in [1.82, 2.24) is 0 Å². The number of hydrogen-bond acceptors (Lipinski definition) is 1. The minimum absolute atomic E-state index is 0.459. The average molecular weight is 419 g/mol. The van der Waals surface area contributed by atoms with Gasteiger partial charge in [-0.3, -0.25) is 0 Å². The molecule has 0 fully saturated rings. The summed E-state index contributed by atoms with van der Waals surface area (Å²) in [6.07, 6.45) is -0.459. The Labute approximate surface area is 177 Å². The summed E-state index contributed by atoms with van der Waals surface area (Å²) in [5, 5.41) is 0. The molecule has 0 amide bonds. The van der Waals surface area contributed by atoms with E-state index in [0.717, 1.165) is 6.07 Å². The van der Waals surface area contributed by atoms with Crippen LogP contribution in [0.5, 0.6) is 5.75 Å². The highest BCUT2D eigenvalue weighted by Crippen LogP contribution is 2.62. The molecule has 0 saturated heterocycles. The molecule has 1 atom stereocenters. The highest BCUT2D eigenvalue weighted by Gasteiger charge is 2.26. The molecule has 1 aliphatic heterocycles. The van der Waals surface area contributed by atoms with Gasteiger partial charge >= 0.3 is 0 Å². The van der Waals surface area contributed by atoms with Crippen molar-refractivity contribution in [2.45, 2.75) is 27.7 Å². The van der Waals surface area contributed by atoms with E-state index in [1.807, 2.05) is 12.1 Å². The van der Waals surface area contributed by atoms with Gasteiger partial charge in [0.15, 0.2) is 0 Å². The molecule has 30 heavy (non-hydrogen) atoms. The van der Waals surface area contributed by atoms with Gasteiger partial charge in [-0.25, -0.2) is 8.78 Å². The summed E-state index contributed by atoms with van der Waals surface area (Å²) in [5.74, 6) is -0.527. The van der Waals surface area contributed by atoms with Crippen LogP contribution in [0.4, 0.5) is 8.78 Å². The minimum atomic E-state index is -0.612. The van der Waals surface area contributed by atoms with Crippen molar-refractivity contribution in [1.29, 1.82) is 0 Å². The molecule has 0 aromatic heterocycles. The highest BCUT2D eigenvalue weighted by atomic mass is 32.2. The summed E-state index contributed by atoms with van der Waals surface area (Å²) >= 11 is 0. The second-order valence-corrected chi connectivity index (χ2v) is 9.48. The van der Waals surface area contributed by atoms with E-state index in [4.69, 9.17) is 4.74 Å². The fourth-order valence-corrected chi connectivity index (χ4v) is 6.56. The zero-order chi connectivity index (χ0) is 20.7. The molecule has 4 aromatic carbocycles. The van der Waals surface area contributed by atoms with Crippen LogP contribution < -0.4 is 4.74 Å². The molecule has 1 nitrogen and oxygen atoms in total. The number of thiol groups is 1. The van der Waals surface area contributed by atoms with Crippen LogP contribution in [0.25, 0.3) is 11.1 Å². The van der Waals surface area contributed by atoms with Gasteiger partial charge in [0.05, 0.1) is 0 Å². The molecule has 4 aromatic rings. The topological polar surface area (TPSA) is 9.23 Å². The van der Waals surface area contributed by atoms with Gasteiger partial charge in [-0.15, -0.1) is 0 Å². The second-order valence-electron chi connectivity index (χ2n) is 7.33. The van der Waals surface area contributed by atoms with Gasteiger partial charge in [0.1, 0.15) is 23.5 Å². The zero-order valence-corrected chi connectivity index (χ0v) is 17.2. The molecule has 0 radical (unpaired) electrons. The van der Waals surface area contributed by atoms with Crippen molar-refractivity contribution in [3.63, 3.8) is 0 Å². The van der Waals surface area contributed by atoms with Crippen LogP contribution in [0.2, 0.25) is 0 Å². The number of rotatable bonds is 4. The number of hydrogen-bond donors (Lipinski definition) is 1. The molecule has 0 saturated carbocycles. The molecule has 0 spiro atoms. The summed E-state index contributed by atoms with van der Waals surface area (Å²) in [4.78, 5) is 3.98. The lowest BCUT2D eigenvalue weighted by atomic mass is 10.1. The highest BCUT2D eigenvalue weighted by molar-refractivity contribution is 8.17. The van der Waals surface area contributed by atoms with E-state index in [9.17, 15) is 8.78 Å². The maximum Gasteiger partial charge on any atom is 0.126 e. The van der Waals surface area contributed by atoms with Crippen LogP contribution in [0.15, 0.2) is 106 Å². The molecule has 1 heterocycles. The standard InChI is InChI=1S/C26H20F2OS/c1-17(18-14-19(27)16-20(28)15-18)29-21-10-12-22(13-11-21)30-25-8-4-2-6-23(25)24-7-3-5-9-26(24)30/h2-17,30H,1H3. The van der Waals surface area contributed by atoms with Crippen molar-refractivity contribution in [2.75, 3.05) is 0 Å². The summed E-state index contributed by atoms with van der Waals surface area (Å²) in [6, 6.07) is 28.7. The molecule has 0 aliphatic carbocycles. The SMILES string of the molecule is CC(Oc1ccc([SH]2c3ccccc3-c3ccccc32)cc1)c1cc(F)cc(F)c1. The van der Waals surface area contributed by atoms with Crippen LogP contribution in [-0.4, -0.2) is 0 Å². The van der Waals surface area contributed by atoms with Gasteiger partial charge in [0.2, 0.25) is 0 Å². The fraction of sp³-hybridized carbons (Fsp3) is 0.0769. The predicted molar refractivity (Wildman–Crippen MR) is 118 cm³/mol. The van der Waals surface area contributed by atoms with E-state index in [0.29, 0.717) is 11.3 Å². The van der Waals surface area contributed by atoms with Crippen molar-refractivity contribution in [3.8, 4) is 16.9 Å². The predicted octanol–water partition coefficient (Wildman–Crippen LogP) is 7.56. The third-order valence-corrected chi connectivity index (χ3v) is 7.90. The first kappa shape index (κ1) is 18.9. The molecule has 0 N–H and O–H groups in total. The lowest BCUT2D eigenvalue weighted by Gasteiger charge is -2.20. The number of fused-ring (bicyclic) bond motifs is 3. The van der Waals surface area contributed by atoms with Gasteiger partial charge in [0, 0.05) is 15.9 Å². The number of halogens is 2. The van der Waals surface area contributed by atoms with Crippen LogP contribution in [0.3, 0.4) is 0 Å². The average Bonchev–Trinajstić information content (AvgIpc) is 3.08. The van der Waals surface area contributed by atoms with E-state index in [-0.39, 0.29) is 0 Å². The Balaban J connectivity index is 1.43. The second kappa shape index (κ2) is 7.62. The van der Waals surface area contributed by atoms with Crippen LogP contribution in [0.1, 0.15) is 18.6 Å². The minimum Gasteiger partial charge on any atom is -0.486 e. The van der Waals surface area contributed by atoms with E-state index in [1.54, 1.807) is 6.92 Å². The van der Waals surface area contributed by atoms with Crippen LogP contribution >= 0.6 is 10.9 Å². The first-order valence-electron chi connectivity index (χ1n) is 9.81. The molecule has 5 rings (SSSR count). The maximum absolute atomic E-state index is 13.5. The first-order valence-corrected chi connectivity index (χ1v) is 11.2. The molecule has 1 aliphatic rings. The number of ether oxygens (including phenoxy) is 1. The summed E-state index contributed by atoms with van der Waals surface area (Å²) < 4.78 is 32.9. The summed E-state index contributed by atoms with van der Waals surface area (Å²) in [5.41, 5.74) is 3.09. The van der Waals surface area contributed by atoms with Crippen molar-refractivity contribution < 1.29 is 13.5 Å². The molecular weight excluding hydrogens is 398 g/mol. The molecule has 0 bridgehead atoms. The Morgan fingerprint density at radius 3 is 1.80 bits per heavy atom. The first-order chi connectivity index (χ1) is 14.6. The smallest absolute Gasteiger partial charge is 0.126 e. The normalized spacial score (nSPS) is 14.2. The summed E-state index contributed by atoms with van der Waals surface area (Å²) in [6.45, 7) is 1.79. The van der Waals surface area contributed by atoms with Gasteiger partial charge in [-0.1, -0.05) is 36.4 Å². The van der Waals surface area contributed by atoms with Gasteiger partial charge < -0.3 is 4.74 Å². The van der Waals surface area contributed by atoms with E-state index in [1.165, 1.54) is 37.9 Å². The Morgan fingerprint density at radius 1 is 0.700 bits per heavy atom. The lowest BCUT2D eigenvalue weighted by molar-refractivity contribution is 0.225. The third-order valence-electron chi connectivity index (χ3n) is 5.34.